The SMILES string of the molecule is CCCCC(CC)CNC(=NC)NCCCOC1CCOCC1.I. The lowest BCUT2D eigenvalue weighted by atomic mass is 9.99. The molecule has 0 bridgehead atoms. The molecule has 0 aromatic carbocycles. The maximum atomic E-state index is 5.88. The molecule has 5 nitrogen and oxygen atoms in total. The fourth-order valence-electron chi connectivity index (χ4n) is 2.78. The van der Waals surface area contributed by atoms with Crippen molar-refractivity contribution >= 4 is 29.9 Å². The Hall–Kier alpha value is -0.0800. The van der Waals surface area contributed by atoms with Crippen LogP contribution in [-0.2, 0) is 9.47 Å². The number of guanidine groups is 1. The van der Waals surface area contributed by atoms with E-state index in [2.05, 4.69) is 29.5 Å². The molecule has 144 valence electrons. The summed E-state index contributed by atoms with van der Waals surface area (Å²) in [6.45, 7) is 8.92. The van der Waals surface area contributed by atoms with Gasteiger partial charge in [-0.15, -0.1) is 24.0 Å². The van der Waals surface area contributed by atoms with E-state index in [0.29, 0.717) is 6.10 Å². The van der Waals surface area contributed by atoms with Gasteiger partial charge in [-0.05, 0) is 31.6 Å². The summed E-state index contributed by atoms with van der Waals surface area (Å²) in [4.78, 5) is 4.30. The van der Waals surface area contributed by atoms with E-state index >= 15 is 0 Å². The zero-order valence-corrected chi connectivity index (χ0v) is 18.1. The Labute approximate surface area is 165 Å². The summed E-state index contributed by atoms with van der Waals surface area (Å²) in [6, 6.07) is 0. The van der Waals surface area contributed by atoms with Crippen molar-refractivity contribution in [1.82, 2.24) is 10.6 Å². The predicted molar refractivity (Wildman–Crippen MR) is 112 cm³/mol. The average Bonchev–Trinajstić information content (AvgIpc) is 2.60. The van der Waals surface area contributed by atoms with Crippen LogP contribution in [0.3, 0.4) is 0 Å². The molecule has 0 amide bonds. The lowest BCUT2D eigenvalue weighted by Gasteiger charge is -2.22. The first-order valence-corrected chi connectivity index (χ1v) is 9.44. The second-order valence-electron chi connectivity index (χ2n) is 6.33. The molecule has 0 aliphatic carbocycles. The van der Waals surface area contributed by atoms with Crippen LogP contribution < -0.4 is 10.6 Å². The van der Waals surface area contributed by atoms with E-state index in [1.165, 1.54) is 25.7 Å². The van der Waals surface area contributed by atoms with E-state index in [1.54, 1.807) is 0 Å². The van der Waals surface area contributed by atoms with Crippen molar-refractivity contribution in [2.75, 3.05) is 40.0 Å². The highest BCUT2D eigenvalue weighted by molar-refractivity contribution is 14.0. The lowest BCUT2D eigenvalue weighted by molar-refractivity contribution is -0.0320. The van der Waals surface area contributed by atoms with E-state index in [1.807, 2.05) is 7.05 Å². The summed E-state index contributed by atoms with van der Waals surface area (Å²) in [6.07, 6.45) is 8.58. The fraction of sp³-hybridized carbons (Fsp3) is 0.944. The van der Waals surface area contributed by atoms with Crippen LogP contribution in [0.5, 0.6) is 0 Å². The molecule has 2 N–H and O–H groups in total. The molecule has 0 aromatic heterocycles. The van der Waals surface area contributed by atoms with Crippen LogP contribution in [0.1, 0.15) is 58.8 Å². The Morgan fingerprint density at radius 3 is 2.58 bits per heavy atom. The van der Waals surface area contributed by atoms with Crippen LogP contribution in [0.4, 0.5) is 0 Å². The second kappa shape index (κ2) is 16.4. The summed E-state index contributed by atoms with van der Waals surface area (Å²) in [5, 5.41) is 6.83. The Morgan fingerprint density at radius 2 is 1.96 bits per heavy atom. The normalized spacial score (nSPS) is 17.2. The standard InChI is InChI=1S/C18H37N3O2.HI/c1-4-6-8-16(5-2)15-21-18(19-3)20-11-7-12-23-17-9-13-22-14-10-17;/h16-17H,4-15H2,1-3H3,(H2,19,20,21);1H. The van der Waals surface area contributed by atoms with Gasteiger partial charge in [-0.1, -0.05) is 33.1 Å². The molecule has 1 aliphatic heterocycles. The Bertz CT molecular complexity index is 311. The number of rotatable bonds is 11. The molecule has 1 rings (SSSR count). The van der Waals surface area contributed by atoms with Crippen molar-refractivity contribution in [3.8, 4) is 0 Å². The van der Waals surface area contributed by atoms with Gasteiger partial charge in [-0.25, -0.2) is 0 Å². The number of ether oxygens (including phenoxy) is 2. The second-order valence-corrected chi connectivity index (χ2v) is 6.33. The minimum atomic E-state index is 0. The molecule has 24 heavy (non-hydrogen) atoms. The zero-order valence-electron chi connectivity index (χ0n) is 15.8. The highest BCUT2D eigenvalue weighted by Gasteiger charge is 2.13. The van der Waals surface area contributed by atoms with Gasteiger partial charge in [0, 0.05) is 40.0 Å². The highest BCUT2D eigenvalue weighted by atomic mass is 127. The van der Waals surface area contributed by atoms with E-state index in [-0.39, 0.29) is 24.0 Å². The minimum Gasteiger partial charge on any atom is -0.381 e. The first kappa shape index (κ1) is 23.9. The summed E-state index contributed by atoms with van der Waals surface area (Å²) < 4.78 is 11.2. The molecule has 1 unspecified atom stereocenters. The van der Waals surface area contributed by atoms with Crippen molar-refractivity contribution in [2.24, 2.45) is 10.9 Å². The van der Waals surface area contributed by atoms with E-state index in [4.69, 9.17) is 9.47 Å². The topological polar surface area (TPSA) is 54.9 Å². The predicted octanol–water partition coefficient (Wildman–Crippen LogP) is 3.57. The number of halogens is 1. The smallest absolute Gasteiger partial charge is 0.190 e. The molecule has 1 fully saturated rings. The van der Waals surface area contributed by atoms with Gasteiger partial charge in [0.1, 0.15) is 0 Å². The van der Waals surface area contributed by atoms with E-state index in [9.17, 15) is 0 Å². The average molecular weight is 455 g/mol. The van der Waals surface area contributed by atoms with Gasteiger partial charge in [0.15, 0.2) is 5.96 Å². The number of aliphatic imine (C=N–C) groups is 1. The molecule has 1 atom stereocenters. The van der Waals surface area contributed by atoms with Crippen molar-refractivity contribution in [2.45, 2.75) is 64.9 Å². The van der Waals surface area contributed by atoms with E-state index < -0.39 is 0 Å². The number of nitrogens with zero attached hydrogens (tertiary/aromatic N) is 1. The van der Waals surface area contributed by atoms with E-state index in [0.717, 1.165) is 64.1 Å². The van der Waals surface area contributed by atoms with Gasteiger partial charge in [0.05, 0.1) is 6.10 Å². The summed E-state index contributed by atoms with van der Waals surface area (Å²) in [5.74, 6) is 1.65. The molecule has 1 aliphatic rings. The third-order valence-corrected chi connectivity index (χ3v) is 4.46. The quantitative estimate of drug-likeness (QED) is 0.217. The van der Waals surface area contributed by atoms with Crippen LogP contribution >= 0.6 is 24.0 Å². The van der Waals surface area contributed by atoms with Crippen LogP contribution in [0.2, 0.25) is 0 Å². The van der Waals surface area contributed by atoms with Crippen LogP contribution in [0.25, 0.3) is 0 Å². The van der Waals surface area contributed by atoms with Gasteiger partial charge < -0.3 is 20.1 Å². The summed E-state index contributed by atoms with van der Waals surface area (Å²) >= 11 is 0. The Morgan fingerprint density at radius 1 is 1.21 bits per heavy atom. The van der Waals surface area contributed by atoms with Crippen LogP contribution in [-0.4, -0.2) is 52.0 Å². The molecule has 0 aromatic rings. The van der Waals surface area contributed by atoms with Crippen LogP contribution in [0.15, 0.2) is 4.99 Å². The lowest BCUT2D eigenvalue weighted by Crippen LogP contribution is -2.40. The first-order chi connectivity index (χ1) is 11.3. The van der Waals surface area contributed by atoms with Gasteiger partial charge in [0.25, 0.3) is 0 Å². The molecule has 1 heterocycles. The van der Waals surface area contributed by atoms with Crippen molar-refractivity contribution in [1.29, 1.82) is 0 Å². The minimum absolute atomic E-state index is 0. The third-order valence-electron chi connectivity index (χ3n) is 4.46. The molecule has 0 saturated carbocycles. The first-order valence-electron chi connectivity index (χ1n) is 9.44. The molecule has 6 heteroatoms. The van der Waals surface area contributed by atoms with Crippen LogP contribution in [0, 0.1) is 5.92 Å². The zero-order chi connectivity index (χ0) is 16.8. The summed E-state index contributed by atoms with van der Waals surface area (Å²) in [5.41, 5.74) is 0. The number of nitrogens with one attached hydrogen (secondary N) is 2. The van der Waals surface area contributed by atoms with Gasteiger partial charge >= 0.3 is 0 Å². The number of unbranched alkanes of at least 4 members (excludes halogenated alkanes) is 1. The fourth-order valence-corrected chi connectivity index (χ4v) is 2.78. The van der Waals surface area contributed by atoms with Gasteiger partial charge in [-0.3, -0.25) is 4.99 Å². The van der Waals surface area contributed by atoms with Gasteiger partial charge in [-0.2, -0.15) is 0 Å². The van der Waals surface area contributed by atoms with Crippen molar-refractivity contribution < 1.29 is 9.47 Å². The maximum absolute atomic E-state index is 5.88. The van der Waals surface area contributed by atoms with Crippen molar-refractivity contribution in [3.63, 3.8) is 0 Å². The van der Waals surface area contributed by atoms with Crippen molar-refractivity contribution in [3.05, 3.63) is 0 Å². The number of hydrogen-bond donors (Lipinski definition) is 2. The monoisotopic (exact) mass is 455 g/mol. The largest absolute Gasteiger partial charge is 0.381 e. The molecular weight excluding hydrogens is 417 g/mol. The molecule has 1 saturated heterocycles. The Kier molecular flexibility index (Phi) is 16.3. The molecular formula is C18H38IN3O2. The van der Waals surface area contributed by atoms with Gasteiger partial charge in [0.2, 0.25) is 0 Å². The maximum Gasteiger partial charge on any atom is 0.190 e. The Balaban J connectivity index is 0.00000529. The third kappa shape index (κ3) is 11.5. The highest BCUT2D eigenvalue weighted by Crippen LogP contribution is 2.11. The molecule has 0 spiro atoms. The molecule has 0 radical (unpaired) electrons. The summed E-state index contributed by atoms with van der Waals surface area (Å²) in [7, 11) is 1.83. The number of hydrogen-bond acceptors (Lipinski definition) is 3.